The molecule has 19 heavy (non-hydrogen) atoms. The summed E-state index contributed by atoms with van der Waals surface area (Å²) in [6, 6.07) is 5.01. The number of benzene rings is 1. The van der Waals surface area contributed by atoms with Gasteiger partial charge in [0, 0.05) is 24.4 Å². The first-order chi connectivity index (χ1) is 9.11. The summed E-state index contributed by atoms with van der Waals surface area (Å²) in [5, 5.41) is 0. The third-order valence-electron chi connectivity index (χ3n) is 2.94. The van der Waals surface area contributed by atoms with Crippen LogP contribution in [0, 0.1) is 0 Å². The van der Waals surface area contributed by atoms with Crippen LogP contribution in [0.15, 0.2) is 18.2 Å². The average molecular weight is 290 g/mol. The monoisotopic (exact) mass is 289 g/mol. The number of hydrogen-bond acceptors (Lipinski definition) is 2. The third kappa shape index (κ3) is 3.35. The van der Waals surface area contributed by atoms with Gasteiger partial charge in [-0.2, -0.15) is 0 Å². The maximum atomic E-state index is 12.4. The topological polar surface area (TPSA) is 29.5 Å². The van der Waals surface area contributed by atoms with Gasteiger partial charge in [0.25, 0.3) is 12.3 Å². The first kappa shape index (κ1) is 14.1. The first-order valence-electron chi connectivity index (χ1n) is 6.01. The van der Waals surface area contributed by atoms with Crippen molar-refractivity contribution in [1.29, 1.82) is 0 Å². The van der Waals surface area contributed by atoms with Crippen molar-refractivity contribution in [3.8, 4) is 5.75 Å². The molecule has 0 spiro atoms. The summed E-state index contributed by atoms with van der Waals surface area (Å²) >= 11 is 5.55. The normalized spacial score (nSPS) is 13.3. The molecule has 0 saturated carbocycles. The second-order valence-corrected chi connectivity index (χ2v) is 4.63. The zero-order valence-electron chi connectivity index (χ0n) is 10.2. The molecule has 1 heterocycles. The van der Waals surface area contributed by atoms with Gasteiger partial charge < -0.3 is 9.64 Å². The standard InChI is InChI=1S/C13H14ClF2NO2/c14-4-5-17(8-12(15)16)13(18)10-1-2-11-9(7-10)3-6-19-11/h1-2,7,12H,3-6,8H2. The molecule has 1 aliphatic heterocycles. The van der Waals surface area contributed by atoms with Crippen LogP contribution in [0.1, 0.15) is 15.9 Å². The van der Waals surface area contributed by atoms with Crippen molar-refractivity contribution in [3.05, 3.63) is 29.3 Å². The fourth-order valence-corrected chi connectivity index (χ4v) is 2.25. The molecule has 104 valence electrons. The number of halogens is 3. The number of rotatable bonds is 5. The highest BCUT2D eigenvalue weighted by Gasteiger charge is 2.21. The van der Waals surface area contributed by atoms with Crippen molar-refractivity contribution in [2.45, 2.75) is 12.8 Å². The Morgan fingerprint density at radius 2 is 2.26 bits per heavy atom. The van der Waals surface area contributed by atoms with Gasteiger partial charge in [0.2, 0.25) is 0 Å². The van der Waals surface area contributed by atoms with Crippen molar-refractivity contribution in [3.63, 3.8) is 0 Å². The van der Waals surface area contributed by atoms with Crippen LogP contribution in [0.3, 0.4) is 0 Å². The molecule has 0 aliphatic carbocycles. The summed E-state index contributed by atoms with van der Waals surface area (Å²) in [4.78, 5) is 13.2. The van der Waals surface area contributed by atoms with E-state index in [-0.39, 0.29) is 12.4 Å². The molecule has 6 heteroatoms. The highest BCUT2D eigenvalue weighted by molar-refractivity contribution is 6.18. The predicted molar refractivity (Wildman–Crippen MR) is 68.3 cm³/mol. The minimum atomic E-state index is -2.56. The maximum Gasteiger partial charge on any atom is 0.255 e. The van der Waals surface area contributed by atoms with Crippen molar-refractivity contribution < 1.29 is 18.3 Å². The molecule has 2 rings (SSSR count). The Balaban J connectivity index is 2.16. The molecule has 3 nitrogen and oxygen atoms in total. The number of ether oxygens (including phenoxy) is 1. The Morgan fingerprint density at radius 1 is 1.47 bits per heavy atom. The van der Waals surface area contributed by atoms with Crippen LogP contribution in [-0.4, -0.2) is 42.8 Å². The van der Waals surface area contributed by atoms with Crippen LogP contribution >= 0.6 is 11.6 Å². The lowest BCUT2D eigenvalue weighted by Gasteiger charge is -2.21. The van der Waals surface area contributed by atoms with Gasteiger partial charge in [0.15, 0.2) is 0 Å². The van der Waals surface area contributed by atoms with Crippen LogP contribution in [0.2, 0.25) is 0 Å². The summed E-state index contributed by atoms with van der Waals surface area (Å²) in [6.07, 6.45) is -1.83. The van der Waals surface area contributed by atoms with E-state index in [1.54, 1.807) is 18.2 Å². The van der Waals surface area contributed by atoms with Gasteiger partial charge in [-0.05, 0) is 23.8 Å². The molecule has 0 unspecified atom stereocenters. The average Bonchev–Trinajstić information content (AvgIpc) is 2.84. The van der Waals surface area contributed by atoms with Crippen LogP contribution in [0.5, 0.6) is 5.75 Å². The van der Waals surface area contributed by atoms with E-state index < -0.39 is 18.9 Å². The van der Waals surface area contributed by atoms with Crippen molar-refractivity contribution in [1.82, 2.24) is 4.90 Å². The molecule has 0 bridgehead atoms. The number of carbonyl (C=O) groups excluding carboxylic acids is 1. The largest absolute Gasteiger partial charge is 0.493 e. The summed E-state index contributed by atoms with van der Waals surface area (Å²) in [5.74, 6) is 0.469. The lowest BCUT2D eigenvalue weighted by atomic mass is 10.1. The molecule has 0 saturated heterocycles. The van der Waals surface area contributed by atoms with Crippen LogP contribution in [0.25, 0.3) is 0 Å². The molecule has 1 amide bonds. The van der Waals surface area contributed by atoms with E-state index >= 15 is 0 Å². The van der Waals surface area contributed by atoms with E-state index in [0.717, 1.165) is 22.6 Å². The van der Waals surface area contributed by atoms with Gasteiger partial charge in [-0.25, -0.2) is 8.78 Å². The lowest BCUT2D eigenvalue weighted by Crippen LogP contribution is -2.36. The SMILES string of the molecule is O=C(c1ccc2c(c1)CCO2)N(CCCl)CC(F)F. The van der Waals surface area contributed by atoms with E-state index in [2.05, 4.69) is 0 Å². The van der Waals surface area contributed by atoms with Gasteiger partial charge >= 0.3 is 0 Å². The molecule has 0 N–H and O–H groups in total. The van der Waals surface area contributed by atoms with Crippen LogP contribution in [-0.2, 0) is 6.42 Å². The lowest BCUT2D eigenvalue weighted by molar-refractivity contribution is 0.0571. The molecular formula is C13H14ClF2NO2. The number of amides is 1. The molecule has 1 aliphatic rings. The van der Waals surface area contributed by atoms with E-state index in [4.69, 9.17) is 16.3 Å². The van der Waals surface area contributed by atoms with E-state index in [1.807, 2.05) is 0 Å². The molecule has 1 aromatic rings. The van der Waals surface area contributed by atoms with E-state index in [9.17, 15) is 13.6 Å². The van der Waals surface area contributed by atoms with Crippen molar-refractivity contribution in [2.75, 3.05) is 25.6 Å². The fraction of sp³-hybridized carbons (Fsp3) is 0.462. The molecule has 1 aromatic carbocycles. The van der Waals surface area contributed by atoms with Gasteiger partial charge in [-0.1, -0.05) is 0 Å². The highest BCUT2D eigenvalue weighted by atomic mass is 35.5. The molecule has 0 radical (unpaired) electrons. The van der Waals surface area contributed by atoms with E-state index in [1.165, 1.54) is 0 Å². The van der Waals surface area contributed by atoms with Gasteiger partial charge in [0.05, 0.1) is 13.2 Å². The van der Waals surface area contributed by atoms with Crippen LogP contribution < -0.4 is 4.74 Å². The number of carbonyl (C=O) groups is 1. The number of alkyl halides is 3. The number of fused-ring (bicyclic) bond motifs is 1. The molecule has 0 fully saturated rings. The Kier molecular flexibility index (Phi) is 4.58. The quantitative estimate of drug-likeness (QED) is 0.780. The fourth-order valence-electron chi connectivity index (χ4n) is 2.05. The molecular weight excluding hydrogens is 276 g/mol. The zero-order valence-corrected chi connectivity index (χ0v) is 11.0. The van der Waals surface area contributed by atoms with Gasteiger partial charge in [0.1, 0.15) is 5.75 Å². The van der Waals surface area contributed by atoms with E-state index in [0.29, 0.717) is 12.2 Å². The number of hydrogen-bond donors (Lipinski definition) is 0. The van der Waals surface area contributed by atoms with Gasteiger partial charge in [-0.3, -0.25) is 4.79 Å². The zero-order chi connectivity index (χ0) is 13.8. The first-order valence-corrected chi connectivity index (χ1v) is 6.54. The Morgan fingerprint density at radius 3 is 2.95 bits per heavy atom. The second-order valence-electron chi connectivity index (χ2n) is 4.25. The number of nitrogens with zero attached hydrogens (tertiary/aromatic N) is 1. The summed E-state index contributed by atoms with van der Waals surface area (Å²) in [6.45, 7) is 0.104. The molecule has 0 atom stereocenters. The van der Waals surface area contributed by atoms with Crippen molar-refractivity contribution >= 4 is 17.5 Å². The maximum absolute atomic E-state index is 12.4. The Labute approximate surface area is 115 Å². The Bertz CT molecular complexity index is 468. The summed E-state index contributed by atoms with van der Waals surface area (Å²) < 4.78 is 30.2. The Hall–Kier alpha value is -1.36. The minimum Gasteiger partial charge on any atom is -0.493 e. The molecule has 0 aromatic heterocycles. The van der Waals surface area contributed by atoms with Crippen molar-refractivity contribution in [2.24, 2.45) is 0 Å². The summed E-state index contributed by atoms with van der Waals surface area (Å²) in [7, 11) is 0. The third-order valence-corrected chi connectivity index (χ3v) is 3.11. The smallest absolute Gasteiger partial charge is 0.255 e. The second kappa shape index (κ2) is 6.19. The minimum absolute atomic E-state index is 0.109. The highest BCUT2D eigenvalue weighted by Crippen LogP contribution is 2.26. The predicted octanol–water partition coefficient (Wildman–Crippen LogP) is 2.57. The van der Waals surface area contributed by atoms with Gasteiger partial charge in [-0.15, -0.1) is 11.6 Å². The van der Waals surface area contributed by atoms with Crippen LogP contribution in [0.4, 0.5) is 8.78 Å². The summed E-state index contributed by atoms with van der Waals surface area (Å²) in [5.41, 5.74) is 1.34.